The van der Waals surface area contributed by atoms with E-state index in [1.165, 1.54) is 18.5 Å². The van der Waals surface area contributed by atoms with E-state index in [4.69, 9.17) is 16.3 Å². The van der Waals surface area contributed by atoms with Gasteiger partial charge in [-0.15, -0.1) is 0 Å². The fourth-order valence-corrected chi connectivity index (χ4v) is 4.22. The van der Waals surface area contributed by atoms with Gasteiger partial charge in [-0.25, -0.2) is 14.4 Å². The summed E-state index contributed by atoms with van der Waals surface area (Å²) < 4.78 is 21.1. The Morgan fingerprint density at radius 1 is 1.06 bits per heavy atom. The van der Waals surface area contributed by atoms with Gasteiger partial charge < -0.3 is 19.7 Å². The van der Waals surface area contributed by atoms with Crippen molar-refractivity contribution in [1.29, 1.82) is 0 Å². The summed E-state index contributed by atoms with van der Waals surface area (Å²) >= 11 is 6.46. The van der Waals surface area contributed by atoms with Crippen molar-refractivity contribution >= 4 is 34.0 Å². The van der Waals surface area contributed by atoms with E-state index in [2.05, 4.69) is 15.3 Å². The fourth-order valence-electron chi connectivity index (χ4n) is 3.99. The second-order valence-corrected chi connectivity index (χ2v) is 9.00. The number of ether oxygens (including phenoxy) is 1. The summed E-state index contributed by atoms with van der Waals surface area (Å²) in [5.74, 6) is 0.845. The number of nitrogens with one attached hydrogen (secondary N) is 1. The molecule has 0 aliphatic heterocycles. The molecule has 0 saturated carbocycles. The van der Waals surface area contributed by atoms with Crippen LogP contribution in [0.15, 0.2) is 85.5 Å². The average Bonchev–Trinajstić information content (AvgIpc) is 3.31. The summed E-state index contributed by atoms with van der Waals surface area (Å²) in [5.41, 5.74) is 4.32. The summed E-state index contributed by atoms with van der Waals surface area (Å²) in [6.07, 6.45) is 5.05. The maximum atomic E-state index is 13.4. The van der Waals surface area contributed by atoms with E-state index in [0.717, 1.165) is 33.3 Å². The summed E-state index contributed by atoms with van der Waals surface area (Å²) in [6.45, 7) is 2.51. The molecule has 8 heteroatoms. The zero-order valence-corrected chi connectivity index (χ0v) is 20.3. The van der Waals surface area contributed by atoms with Crippen LogP contribution in [0.1, 0.15) is 12.5 Å². The van der Waals surface area contributed by atoms with E-state index < -0.39 is 6.10 Å². The minimum absolute atomic E-state index is 0.211. The number of benzene rings is 3. The van der Waals surface area contributed by atoms with Crippen molar-refractivity contribution in [2.24, 2.45) is 0 Å². The molecule has 6 nitrogen and oxygen atoms in total. The van der Waals surface area contributed by atoms with Crippen molar-refractivity contribution in [3.8, 4) is 16.9 Å². The second kappa shape index (κ2) is 10.4. The molecule has 5 rings (SSSR count). The second-order valence-electron chi connectivity index (χ2n) is 8.59. The Hall–Kier alpha value is -3.94. The highest BCUT2D eigenvalue weighted by atomic mass is 35.5. The smallest absolute Gasteiger partial charge is 0.141 e. The third kappa shape index (κ3) is 5.48. The number of anilines is 2. The summed E-state index contributed by atoms with van der Waals surface area (Å²) in [7, 11) is 0. The lowest BCUT2D eigenvalue weighted by Crippen LogP contribution is -2.09. The Morgan fingerprint density at radius 2 is 1.94 bits per heavy atom. The number of aliphatic hydroxyl groups excluding tert-OH is 1. The summed E-state index contributed by atoms with van der Waals surface area (Å²) in [6, 6.07) is 19.7. The van der Waals surface area contributed by atoms with Crippen LogP contribution in [0.4, 0.5) is 15.9 Å². The van der Waals surface area contributed by atoms with Crippen LogP contribution in [0.2, 0.25) is 5.02 Å². The molecule has 2 N–H and O–H groups in total. The lowest BCUT2D eigenvalue weighted by molar-refractivity contribution is 0.174. The maximum absolute atomic E-state index is 13.4. The van der Waals surface area contributed by atoms with Crippen molar-refractivity contribution < 1.29 is 14.2 Å². The van der Waals surface area contributed by atoms with Crippen LogP contribution in [-0.2, 0) is 13.2 Å². The molecule has 3 aromatic carbocycles. The van der Waals surface area contributed by atoms with Crippen LogP contribution in [0.5, 0.6) is 5.75 Å². The van der Waals surface area contributed by atoms with Gasteiger partial charge in [-0.3, -0.25) is 0 Å². The third-order valence-electron chi connectivity index (χ3n) is 5.67. The molecule has 0 aliphatic rings. The number of nitrogens with zero attached hydrogens (tertiary/aromatic N) is 3. The van der Waals surface area contributed by atoms with Gasteiger partial charge >= 0.3 is 0 Å². The highest BCUT2D eigenvalue weighted by Gasteiger charge is 2.10. The molecule has 2 aromatic heterocycles. The molecule has 0 saturated heterocycles. The first-order valence-corrected chi connectivity index (χ1v) is 11.9. The molecule has 1 atom stereocenters. The molecule has 1 unspecified atom stereocenters. The van der Waals surface area contributed by atoms with Crippen LogP contribution in [-0.4, -0.2) is 25.7 Å². The molecule has 2 heterocycles. The topological polar surface area (TPSA) is 72.2 Å². The van der Waals surface area contributed by atoms with Crippen molar-refractivity contribution in [2.45, 2.75) is 26.2 Å². The lowest BCUT2D eigenvalue weighted by atomic mass is 10.1. The van der Waals surface area contributed by atoms with Crippen LogP contribution in [0, 0.1) is 5.82 Å². The van der Waals surface area contributed by atoms with E-state index in [1.54, 1.807) is 31.2 Å². The van der Waals surface area contributed by atoms with Crippen molar-refractivity contribution in [3.05, 3.63) is 102 Å². The first kappa shape index (κ1) is 23.8. The fraction of sp³-hybridized carbons (Fsp3) is 0.143. The number of fused-ring (bicyclic) bond motifs is 1. The standard InChI is InChI=1S/C28H24ClFN4O2/c1-18(35)14-34-10-9-21(15-34)20-5-7-26-24(12-20)28(32-17-31-26)33-23-6-8-27(25(29)13-23)36-16-19-3-2-4-22(30)11-19/h2-13,15,17-18,35H,14,16H2,1H3,(H,31,32,33). The third-order valence-corrected chi connectivity index (χ3v) is 5.97. The maximum Gasteiger partial charge on any atom is 0.141 e. The molecular weight excluding hydrogens is 479 g/mol. The SMILES string of the molecule is CC(O)Cn1ccc(-c2ccc3ncnc(Nc4ccc(OCc5cccc(F)c5)c(Cl)c4)c3c2)c1. The number of aliphatic hydroxyl groups is 1. The average molecular weight is 503 g/mol. The van der Waals surface area contributed by atoms with Crippen LogP contribution in [0.25, 0.3) is 22.0 Å². The van der Waals surface area contributed by atoms with Crippen LogP contribution >= 0.6 is 11.6 Å². The Balaban J connectivity index is 1.36. The molecular formula is C28H24ClFN4O2. The van der Waals surface area contributed by atoms with Crippen molar-refractivity contribution in [1.82, 2.24) is 14.5 Å². The van der Waals surface area contributed by atoms with Gasteiger partial charge in [-0.1, -0.05) is 29.8 Å². The largest absolute Gasteiger partial charge is 0.487 e. The van der Waals surface area contributed by atoms with Gasteiger partial charge in [-0.05, 0) is 72.1 Å². The Kier molecular flexibility index (Phi) is 6.84. The predicted molar refractivity (Wildman–Crippen MR) is 140 cm³/mol. The molecule has 36 heavy (non-hydrogen) atoms. The molecule has 0 aliphatic carbocycles. The minimum Gasteiger partial charge on any atom is -0.487 e. The van der Waals surface area contributed by atoms with E-state index in [0.29, 0.717) is 23.1 Å². The number of halogens is 2. The molecule has 0 spiro atoms. The zero-order valence-electron chi connectivity index (χ0n) is 19.5. The predicted octanol–water partition coefficient (Wildman–Crippen LogP) is 6.59. The first-order valence-electron chi connectivity index (χ1n) is 11.5. The highest BCUT2D eigenvalue weighted by Crippen LogP contribution is 2.32. The van der Waals surface area contributed by atoms with Gasteiger partial charge in [0.25, 0.3) is 0 Å². The molecule has 0 bridgehead atoms. The van der Waals surface area contributed by atoms with Gasteiger partial charge in [0.15, 0.2) is 0 Å². The van der Waals surface area contributed by atoms with Gasteiger partial charge in [0, 0.05) is 30.0 Å². The van der Waals surface area contributed by atoms with Gasteiger partial charge in [0.2, 0.25) is 0 Å². The molecule has 182 valence electrons. The van der Waals surface area contributed by atoms with Crippen LogP contribution < -0.4 is 10.1 Å². The van der Waals surface area contributed by atoms with Crippen molar-refractivity contribution in [3.63, 3.8) is 0 Å². The number of aromatic nitrogens is 3. The van der Waals surface area contributed by atoms with Gasteiger partial charge in [-0.2, -0.15) is 0 Å². The van der Waals surface area contributed by atoms with Crippen LogP contribution in [0.3, 0.4) is 0 Å². The molecule has 5 aromatic rings. The lowest BCUT2D eigenvalue weighted by Gasteiger charge is -2.12. The molecule has 0 amide bonds. The van der Waals surface area contributed by atoms with E-state index >= 15 is 0 Å². The number of hydrogen-bond donors (Lipinski definition) is 2. The normalized spacial score (nSPS) is 12.0. The Morgan fingerprint density at radius 3 is 2.75 bits per heavy atom. The molecule has 0 radical (unpaired) electrons. The van der Waals surface area contributed by atoms with E-state index in [9.17, 15) is 9.50 Å². The van der Waals surface area contributed by atoms with Crippen molar-refractivity contribution in [2.75, 3.05) is 5.32 Å². The monoisotopic (exact) mass is 502 g/mol. The summed E-state index contributed by atoms with van der Waals surface area (Å²) in [5, 5.41) is 14.3. The highest BCUT2D eigenvalue weighted by molar-refractivity contribution is 6.32. The summed E-state index contributed by atoms with van der Waals surface area (Å²) in [4.78, 5) is 8.84. The van der Waals surface area contributed by atoms with Gasteiger partial charge in [0.05, 0.1) is 16.6 Å². The van der Waals surface area contributed by atoms with E-state index in [1.807, 2.05) is 47.3 Å². The molecule has 0 fully saturated rings. The first-order chi connectivity index (χ1) is 17.4. The number of rotatable bonds is 8. The minimum atomic E-state index is -0.420. The Labute approximate surface area is 213 Å². The van der Waals surface area contributed by atoms with Gasteiger partial charge in [0.1, 0.15) is 30.3 Å². The van der Waals surface area contributed by atoms with E-state index in [-0.39, 0.29) is 12.4 Å². The number of hydrogen-bond acceptors (Lipinski definition) is 5. The quantitative estimate of drug-likeness (QED) is 0.250. The Bertz CT molecular complexity index is 1520. The zero-order chi connectivity index (χ0) is 25.1.